The number of halogens is 2. The number of carbonyl (C=O) groups is 1. The Morgan fingerprint density at radius 1 is 1.07 bits per heavy atom. The van der Waals surface area contributed by atoms with E-state index >= 15 is 0 Å². The van der Waals surface area contributed by atoms with E-state index in [9.17, 15) is 9.90 Å². The molecule has 28 heavy (non-hydrogen) atoms. The molecule has 0 amide bonds. The van der Waals surface area contributed by atoms with Gasteiger partial charge in [0, 0.05) is 20.9 Å². The molecule has 152 valence electrons. The quantitative estimate of drug-likeness (QED) is 0.471. The molecule has 2 aromatic carbocycles. The molecule has 3 rings (SSSR count). The van der Waals surface area contributed by atoms with Gasteiger partial charge in [-0.25, -0.2) is 0 Å². The zero-order chi connectivity index (χ0) is 20.9. The maximum Gasteiger partial charge on any atom is 0.163 e. The lowest BCUT2D eigenvalue weighted by Gasteiger charge is -2.31. The van der Waals surface area contributed by atoms with Gasteiger partial charge >= 0.3 is 0 Å². The van der Waals surface area contributed by atoms with Crippen LogP contribution in [-0.4, -0.2) is 16.5 Å². The number of hydrogen-bond donors (Lipinski definition) is 1. The van der Waals surface area contributed by atoms with Crippen LogP contribution in [0, 0.1) is 0 Å². The molecule has 0 heterocycles. The number of Topliss-reactive ketones (excluding diaryl/α,β-unsaturated/α-hetero) is 1. The van der Waals surface area contributed by atoms with Crippen molar-refractivity contribution in [2.24, 2.45) is 0 Å². The Morgan fingerprint density at radius 2 is 1.75 bits per heavy atom. The smallest absolute Gasteiger partial charge is 0.163 e. The van der Waals surface area contributed by atoms with E-state index in [0.29, 0.717) is 6.42 Å². The zero-order valence-corrected chi connectivity index (χ0v) is 20.4. The Hall–Kier alpha value is -0.970. The minimum atomic E-state index is -0.536. The summed E-state index contributed by atoms with van der Waals surface area (Å²) >= 11 is 6.85. The van der Waals surface area contributed by atoms with Gasteiger partial charge in [0.1, 0.15) is 0 Å². The Bertz CT molecular complexity index is 820. The molecule has 0 unspecified atom stereocenters. The van der Waals surface area contributed by atoms with Gasteiger partial charge < -0.3 is 5.11 Å². The molecule has 0 radical (unpaired) electrons. The van der Waals surface area contributed by atoms with Gasteiger partial charge in [-0.05, 0) is 80.3 Å². The maximum atomic E-state index is 11.7. The minimum Gasteiger partial charge on any atom is -0.390 e. The number of aliphatic hydroxyl groups is 1. The molecule has 2 nitrogen and oxygen atoms in total. The van der Waals surface area contributed by atoms with Crippen LogP contribution in [0.15, 0.2) is 51.4 Å². The van der Waals surface area contributed by atoms with Crippen LogP contribution < -0.4 is 0 Å². The summed E-state index contributed by atoms with van der Waals surface area (Å²) in [5.74, 6) is 0.278. The molecule has 1 aliphatic rings. The molecule has 0 aromatic heterocycles. The fourth-order valence-corrected chi connectivity index (χ4v) is 4.26. The lowest BCUT2D eigenvalue weighted by atomic mass is 9.72. The highest BCUT2D eigenvalue weighted by Gasteiger charge is 2.31. The van der Waals surface area contributed by atoms with Crippen molar-refractivity contribution in [1.29, 1.82) is 0 Å². The number of carbonyl (C=O) groups excluding carboxylic acids is 1. The van der Waals surface area contributed by atoms with E-state index in [1.54, 1.807) is 0 Å². The number of rotatable bonds is 4. The van der Waals surface area contributed by atoms with E-state index in [0.717, 1.165) is 40.2 Å². The first-order valence-corrected chi connectivity index (χ1v) is 11.4. The van der Waals surface area contributed by atoms with E-state index in [1.807, 2.05) is 38.1 Å². The van der Waals surface area contributed by atoms with Crippen LogP contribution in [0.1, 0.15) is 74.9 Å². The molecule has 2 aromatic rings. The summed E-state index contributed by atoms with van der Waals surface area (Å²) in [6.45, 7) is 8.11. The highest BCUT2D eigenvalue weighted by molar-refractivity contribution is 9.10. The molecule has 4 heteroatoms. The average molecular weight is 510 g/mol. The van der Waals surface area contributed by atoms with Crippen molar-refractivity contribution in [1.82, 2.24) is 0 Å². The first-order valence-electron chi connectivity index (χ1n) is 9.78. The molecule has 1 aliphatic carbocycles. The Labute approximate surface area is 186 Å². The molecule has 1 N–H and O–H groups in total. The van der Waals surface area contributed by atoms with Gasteiger partial charge in [-0.1, -0.05) is 63.9 Å². The number of hydrogen-bond acceptors (Lipinski definition) is 2. The Balaban J connectivity index is 0.000000200. The van der Waals surface area contributed by atoms with Crippen molar-refractivity contribution in [2.75, 3.05) is 0 Å². The van der Waals surface area contributed by atoms with Crippen LogP contribution in [0.5, 0.6) is 0 Å². The van der Waals surface area contributed by atoms with Crippen LogP contribution >= 0.6 is 31.9 Å². The summed E-state index contributed by atoms with van der Waals surface area (Å²) in [6, 6.07) is 14.3. The number of fused-ring (bicyclic) bond motifs is 1. The highest BCUT2D eigenvalue weighted by atomic mass is 79.9. The molecule has 0 atom stereocenters. The average Bonchev–Trinajstić information content (AvgIpc) is 2.58. The summed E-state index contributed by atoms with van der Waals surface area (Å²) in [5.41, 5.74) is 3.02. The van der Waals surface area contributed by atoms with Crippen molar-refractivity contribution < 1.29 is 9.90 Å². The van der Waals surface area contributed by atoms with Crippen LogP contribution in [0.3, 0.4) is 0 Å². The topological polar surface area (TPSA) is 37.3 Å². The number of aryl methyl sites for hydroxylation is 1. The van der Waals surface area contributed by atoms with Gasteiger partial charge in [0.25, 0.3) is 0 Å². The van der Waals surface area contributed by atoms with Crippen LogP contribution in [0.4, 0.5) is 0 Å². The monoisotopic (exact) mass is 508 g/mol. The molecular formula is C24H30Br2O2. The van der Waals surface area contributed by atoms with E-state index < -0.39 is 5.60 Å². The summed E-state index contributed by atoms with van der Waals surface area (Å²) < 4.78 is 2.11. The molecule has 0 saturated carbocycles. The van der Waals surface area contributed by atoms with Gasteiger partial charge in [-0.3, -0.25) is 4.79 Å². The summed E-state index contributed by atoms with van der Waals surface area (Å²) in [6.07, 6.45) is 4.54. The van der Waals surface area contributed by atoms with Crippen LogP contribution in [0.25, 0.3) is 0 Å². The van der Waals surface area contributed by atoms with Gasteiger partial charge in [-0.15, -0.1) is 0 Å². The lowest BCUT2D eigenvalue weighted by molar-refractivity contribution is 0.0689. The second-order valence-electron chi connectivity index (χ2n) is 8.79. The van der Waals surface area contributed by atoms with Crippen LogP contribution in [-0.2, 0) is 11.8 Å². The predicted molar refractivity (Wildman–Crippen MR) is 124 cm³/mol. The van der Waals surface area contributed by atoms with E-state index in [-0.39, 0.29) is 11.2 Å². The van der Waals surface area contributed by atoms with E-state index in [1.165, 1.54) is 11.1 Å². The largest absolute Gasteiger partial charge is 0.390 e. The summed E-state index contributed by atoms with van der Waals surface area (Å²) in [7, 11) is 0. The molecule has 0 bridgehead atoms. The summed E-state index contributed by atoms with van der Waals surface area (Å²) in [5, 5.41) is 9.54. The first-order chi connectivity index (χ1) is 13.0. The van der Waals surface area contributed by atoms with E-state index in [4.69, 9.17) is 0 Å². The molecule has 0 spiro atoms. The second-order valence-corrected chi connectivity index (χ2v) is 10.6. The van der Waals surface area contributed by atoms with Gasteiger partial charge in [0.2, 0.25) is 0 Å². The third kappa shape index (κ3) is 7.13. The van der Waals surface area contributed by atoms with Crippen molar-refractivity contribution in [3.63, 3.8) is 0 Å². The Morgan fingerprint density at radius 3 is 2.39 bits per heavy atom. The standard InChI is InChI=1S/C12H13BrO.C12H17BrO/c1-12(2)6-5-11(14)9-7-8(13)3-4-10(9)12;1-12(2,14)8-4-6-10-5-3-7-11(13)9-10/h3-4,7H,5-6H2,1-2H3;3,5,7,9,14H,4,6,8H2,1-2H3. The number of benzene rings is 2. The zero-order valence-electron chi connectivity index (χ0n) is 17.2. The summed E-state index contributed by atoms with van der Waals surface area (Å²) in [4.78, 5) is 11.7. The van der Waals surface area contributed by atoms with Crippen molar-refractivity contribution in [3.8, 4) is 0 Å². The molecule has 0 aliphatic heterocycles. The highest BCUT2D eigenvalue weighted by Crippen LogP contribution is 2.37. The molecule has 0 saturated heterocycles. The fourth-order valence-electron chi connectivity index (χ4n) is 3.45. The van der Waals surface area contributed by atoms with Gasteiger partial charge in [-0.2, -0.15) is 0 Å². The molecule has 0 fully saturated rings. The predicted octanol–water partition coefficient (Wildman–Crippen LogP) is 7.25. The van der Waals surface area contributed by atoms with E-state index in [2.05, 4.69) is 63.9 Å². The van der Waals surface area contributed by atoms with Crippen molar-refractivity contribution in [3.05, 3.63) is 68.1 Å². The van der Waals surface area contributed by atoms with Gasteiger partial charge in [0.15, 0.2) is 5.78 Å². The maximum absolute atomic E-state index is 11.7. The second kappa shape index (κ2) is 9.69. The van der Waals surface area contributed by atoms with Crippen molar-refractivity contribution >= 4 is 37.6 Å². The van der Waals surface area contributed by atoms with Crippen molar-refractivity contribution in [2.45, 2.75) is 70.8 Å². The molecular weight excluding hydrogens is 480 g/mol. The number of ketones is 1. The Kier molecular flexibility index (Phi) is 8.06. The first kappa shape index (κ1) is 23.3. The third-order valence-electron chi connectivity index (χ3n) is 5.13. The fraction of sp³-hybridized carbons (Fsp3) is 0.458. The van der Waals surface area contributed by atoms with Crippen LogP contribution in [0.2, 0.25) is 0 Å². The third-order valence-corrected chi connectivity index (χ3v) is 6.12. The SMILES string of the molecule is CC(C)(O)CCCc1cccc(Br)c1.CC1(C)CCC(=O)c2cc(Br)ccc21. The lowest BCUT2D eigenvalue weighted by Crippen LogP contribution is -2.27. The minimum absolute atomic E-state index is 0.143. The normalized spacial score (nSPS) is 15.5. The van der Waals surface area contributed by atoms with Gasteiger partial charge in [0.05, 0.1) is 5.60 Å².